The molecule has 1 atom stereocenters. The van der Waals surface area contributed by atoms with E-state index in [0.717, 1.165) is 29.8 Å². The number of aromatic nitrogens is 3. The Kier molecular flexibility index (Phi) is 6.51. The predicted octanol–water partition coefficient (Wildman–Crippen LogP) is 3.17. The number of hydrogen-bond acceptors (Lipinski definition) is 8. The molecule has 0 aliphatic carbocycles. The number of benzene rings is 1. The number of piperidine rings is 1. The Labute approximate surface area is 184 Å². The Morgan fingerprint density at radius 1 is 1.19 bits per heavy atom. The van der Waals surface area contributed by atoms with Crippen LogP contribution < -0.4 is 10.2 Å². The number of carbonyl (C=O) groups is 2. The first-order chi connectivity index (χ1) is 15.1. The van der Waals surface area contributed by atoms with Crippen molar-refractivity contribution in [3.05, 3.63) is 64.9 Å². The summed E-state index contributed by atoms with van der Waals surface area (Å²) in [5, 5.41) is 3.31. The van der Waals surface area contributed by atoms with Crippen LogP contribution in [0.25, 0.3) is 0 Å². The summed E-state index contributed by atoms with van der Waals surface area (Å²) < 4.78 is 4.88. The Bertz CT molecular complexity index is 1040. The number of anilines is 2. The molecule has 9 heteroatoms. The monoisotopic (exact) mass is 437 g/mol. The number of hydrogen-bond donors (Lipinski definition) is 1. The fourth-order valence-electron chi connectivity index (χ4n) is 3.60. The Morgan fingerprint density at radius 3 is 2.71 bits per heavy atom. The predicted molar refractivity (Wildman–Crippen MR) is 118 cm³/mol. The molecule has 1 unspecified atom stereocenters. The van der Waals surface area contributed by atoms with Crippen LogP contribution in [0.4, 0.5) is 11.1 Å². The standard InChI is InChI=1S/C22H23N5O3S/c1-30-20(29)18-17(13-15-7-3-2-4-8-15)31-22(25-18)26-19(28)16-9-5-12-27(14-16)21-23-10-6-11-24-21/h2-4,6-8,10-11,16H,5,9,12-14H2,1H3,(H,25,26,28). The maximum atomic E-state index is 12.9. The molecule has 1 N–H and O–H groups in total. The highest BCUT2D eigenvalue weighted by molar-refractivity contribution is 7.16. The van der Waals surface area contributed by atoms with E-state index in [1.807, 2.05) is 35.2 Å². The van der Waals surface area contributed by atoms with E-state index in [2.05, 4.69) is 20.3 Å². The molecule has 2 aromatic heterocycles. The van der Waals surface area contributed by atoms with Crippen LogP contribution in [0.5, 0.6) is 0 Å². The van der Waals surface area contributed by atoms with Crippen molar-refractivity contribution in [1.82, 2.24) is 15.0 Å². The van der Waals surface area contributed by atoms with Gasteiger partial charge in [0.15, 0.2) is 10.8 Å². The van der Waals surface area contributed by atoms with E-state index in [9.17, 15) is 9.59 Å². The van der Waals surface area contributed by atoms with Gasteiger partial charge in [-0.25, -0.2) is 19.7 Å². The van der Waals surface area contributed by atoms with Gasteiger partial charge in [-0.05, 0) is 24.5 Å². The van der Waals surface area contributed by atoms with Gasteiger partial charge in [-0.1, -0.05) is 30.3 Å². The van der Waals surface area contributed by atoms with E-state index in [1.54, 1.807) is 18.5 Å². The van der Waals surface area contributed by atoms with Gasteiger partial charge in [0, 0.05) is 36.8 Å². The summed E-state index contributed by atoms with van der Waals surface area (Å²) in [6, 6.07) is 11.6. The normalized spacial score (nSPS) is 16.0. The van der Waals surface area contributed by atoms with E-state index in [-0.39, 0.29) is 17.5 Å². The van der Waals surface area contributed by atoms with Crippen LogP contribution in [-0.2, 0) is 16.0 Å². The second-order valence-corrected chi connectivity index (χ2v) is 8.35. The van der Waals surface area contributed by atoms with E-state index in [1.165, 1.54) is 18.4 Å². The molecule has 0 radical (unpaired) electrons. The van der Waals surface area contributed by atoms with Crippen LogP contribution in [0.3, 0.4) is 0 Å². The van der Waals surface area contributed by atoms with Crippen LogP contribution in [0.1, 0.15) is 33.8 Å². The quantitative estimate of drug-likeness (QED) is 0.592. The lowest BCUT2D eigenvalue weighted by molar-refractivity contribution is -0.120. The first-order valence-corrected chi connectivity index (χ1v) is 10.9. The second kappa shape index (κ2) is 9.65. The zero-order chi connectivity index (χ0) is 21.6. The third-order valence-corrected chi connectivity index (χ3v) is 6.11. The van der Waals surface area contributed by atoms with E-state index < -0.39 is 5.97 Å². The third-order valence-electron chi connectivity index (χ3n) is 5.14. The number of esters is 1. The molecule has 1 aromatic carbocycles. The maximum absolute atomic E-state index is 12.9. The number of nitrogens with one attached hydrogen (secondary N) is 1. The van der Waals surface area contributed by atoms with Crippen LogP contribution >= 0.6 is 11.3 Å². The molecule has 3 heterocycles. The summed E-state index contributed by atoms with van der Waals surface area (Å²) in [6.45, 7) is 1.36. The maximum Gasteiger partial charge on any atom is 0.357 e. The van der Waals surface area contributed by atoms with E-state index in [0.29, 0.717) is 24.0 Å². The van der Waals surface area contributed by atoms with Gasteiger partial charge in [0.1, 0.15) is 0 Å². The van der Waals surface area contributed by atoms with Gasteiger partial charge in [0.05, 0.1) is 13.0 Å². The molecule has 1 amide bonds. The zero-order valence-electron chi connectivity index (χ0n) is 17.2. The minimum absolute atomic E-state index is 0.114. The average Bonchev–Trinajstić information content (AvgIpc) is 3.21. The van der Waals surface area contributed by atoms with E-state index >= 15 is 0 Å². The van der Waals surface area contributed by atoms with Gasteiger partial charge in [-0.15, -0.1) is 11.3 Å². The molecular formula is C22H23N5O3S. The number of methoxy groups -OCH3 is 1. The second-order valence-electron chi connectivity index (χ2n) is 7.27. The Hall–Kier alpha value is -3.33. The molecule has 1 saturated heterocycles. The fraction of sp³-hybridized carbons (Fsp3) is 0.318. The van der Waals surface area contributed by atoms with Gasteiger partial charge < -0.3 is 15.0 Å². The van der Waals surface area contributed by atoms with Gasteiger partial charge in [-0.3, -0.25) is 4.79 Å². The highest BCUT2D eigenvalue weighted by Crippen LogP contribution is 2.28. The molecule has 0 saturated carbocycles. The van der Waals surface area contributed by atoms with Crippen molar-refractivity contribution < 1.29 is 14.3 Å². The molecule has 31 heavy (non-hydrogen) atoms. The fourth-order valence-corrected chi connectivity index (χ4v) is 4.58. The number of ether oxygens (including phenoxy) is 1. The number of amides is 1. The summed E-state index contributed by atoms with van der Waals surface area (Å²) in [7, 11) is 1.33. The number of nitrogens with zero attached hydrogens (tertiary/aromatic N) is 4. The van der Waals surface area contributed by atoms with Crippen molar-refractivity contribution in [2.24, 2.45) is 5.92 Å². The molecular weight excluding hydrogens is 414 g/mol. The summed E-state index contributed by atoms with van der Waals surface area (Å²) in [4.78, 5) is 40.9. The van der Waals surface area contributed by atoms with Crippen molar-refractivity contribution in [2.75, 3.05) is 30.4 Å². The summed E-state index contributed by atoms with van der Waals surface area (Å²) in [5.74, 6) is -0.196. The van der Waals surface area contributed by atoms with Crippen molar-refractivity contribution >= 4 is 34.3 Å². The Balaban J connectivity index is 1.48. The van der Waals surface area contributed by atoms with Crippen molar-refractivity contribution in [1.29, 1.82) is 0 Å². The van der Waals surface area contributed by atoms with Gasteiger partial charge in [0.25, 0.3) is 0 Å². The van der Waals surface area contributed by atoms with Crippen molar-refractivity contribution in [3.8, 4) is 0 Å². The number of rotatable bonds is 6. The largest absolute Gasteiger partial charge is 0.464 e. The van der Waals surface area contributed by atoms with Gasteiger partial charge in [-0.2, -0.15) is 0 Å². The molecule has 1 fully saturated rings. The molecule has 8 nitrogen and oxygen atoms in total. The molecule has 0 spiro atoms. The van der Waals surface area contributed by atoms with Crippen molar-refractivity contribution in [3.63, 3.8) is 0 Å². The van der Waals surface area contributed by atoms with Crippen LogP contribution in [0.2, 0.25) is 0 Å². The summed E-state index contributed by atoms with van der Waals surface area (Å²) in [6.07, 6.45) is 5.60. The highest BCUT2D eigenvalue weighted by atomic mass is 32.1. The van der Waals surface area contributed by atoms with Crippen LogP contribution in [0, 0.1) is 5.92 Å². The van der Waals surface area contributed by atoms with Crippen LogP contribution in [-0.4, -0.2) is 47.0 Å². The minimum atomic E-state index is -0.507. The Morgan fingerprint density at radius 2 is 1.97 bits per heavy atom. The smallest absolute Gasteiger partial charge is 0.357 e. The minimum Gasteiger partial charge on any atom is -0.464 e. The summed E-state index contributed by atoms with van der Waals surface area (Å²) >= 11 is 1.31. The summed E-state index contributed by atoms with van der Waals surface area (Å²) in [5.41, 5.74) is 1.30. The lowest BCUT2D eigenvalue weighted by Crippen LogP contribution is -2.41. The SMILES string of the molecule is COC(=O)c1nc(NC(=O)C2CCCN(c3ncccn3)C2)sc1Cc1ccccc1. The lowest BCUT2D eigenvalue weighted by atomic mass is 9.97. The van der Waals surface area contributed by atoms with Crippen LogP contribution in [0.15, 0.2) is 48.8 Å². The van der Waals surface area contributed by atoms with Crippen molar-refractivity contribution in [2.45, 2.75) is 19.3 Å². The first kappa shape index (κ1) is 20.9. The molecule has 3 aromatic rings. The number of carbonyl (C=O) groups excluding carboxylic acids is 2. The molecule has 1 aliphatic rings. The first-order valence-electron chi connectivity index (χ1n) is 10.1. The van der Waals surface area contributed by atoms with E-state index in [4.69, 9.17) is 4.74 Å². The van der Waals surface area contributed by atoms with Gasteiger partial charge >= 0.3 is 5.97 Å². The molecule has 160 valence electrons. The molecule has 0 bridgehead atoms. The topological polar surface area (TPSA) is 97.3 Å². The third kappa shape index (κ3) is 5.05. The molecule has 4 rings (SSSR count). The lowest BCUT2D eigenvalue weighted by Gasteiger charge is -2.31. The number of thiazole rings is 1. The highest BCUT2D eigenvalue weighted by Gasteiger charge is 2.28. The molecule has 1 aliphatic heterocycles. The zero-order valence-corrected chi connectivity index (χ0v) is 18.0. The average molecular weight is 438 g/mol. The van der Waals surface area contributed by atoms with Gasteiger partial charge in [0.2, 0.25) is 11.9 Å².